The molecule has 6 heteroatoms. The van der Waals surface area contributed by atoms with Crippen LogP contribution < -0.4 is 9.47 Å². The molecule has 5 rings (SSSR count). The molecule has 2 aliphatic heterocycles. The number of piperazine rings is 1. The topological polar surface area (TPSA) is 45.3 Å². The molecule has 1 saturated heterocycles. The number of rotatable bonds is 9. The first-order chi connectivity index (χ1) is 18.7. The van der Waals surface area contributed by atoms with Crippen molar-refractivity contribution in [3.8, 4) is 11.5 Å². The molecule has 1 fully saturated rings. The van der Waals surface area contributed by atoms with Crippen LogP contribution in [0, 0.1) is 0 Å². The average Bonchev–Trinajstić information content (AvgIpc) is 3.12. The van der Waals surface area contributed by atoms with Crippen LogP contribution in [0.3, 0.4) is 0 Å². The zero-order valence-corrected chi connectivity index (χ0v) is 22.6. The molecule has 0 bridgehead atoms. The maximum Gasteiger partial charge on any atom is 0.227 e. The molecule has 200 valence electrons. The third kappa shape index (κ3) is 6.03. The van der Waals surface area contributed by atoms with Crippen LogP contribution in [0.5, 0.6) is 11.5 Å². The van der Waals surface area contributed by atoms with E-state index in [4.69, 9.17) is 9.47 Å². The van der Waals surface area contributed by atoms with E-state index >= 15 is 0 Å². The molecule has 3 aromatic carbocycles. The zero-order chi connectivity index (χ0) is 26.3. The Hall–Kier alpha value is -3.35. The van der Waals surface area contributed by atoms with Crippen molar-refractivity contribution in [1.82, 2.24) is 14.7 Å². The van der Waals surface area contributed by atoms with Crippen molar-refractivity contribution < 1.29 is 14.3 Å². The van der Waals surface area contributed by atoms with Gasteiger partial charge in [-0.1, -0.05) is 60.7 Å². The second kappa shape index (κ2) is 12.5. The molecule has 0 radical (unpaired) electrons. The highest BCUT2D eigenvalue weighted by molar-refractivity contribution is 5.80. The molecule has 3 aromatic rings. The lowest BCUT2D eigenvalue weighted by Crippen LogP contribution is -2.48. The minimum atomic E-state index is 0.203. The van der Waals surface area contributed by atoms with Gasteiger partial charge in [0.05, 0.1) is 26.7 Å². The summed E-state index contributed by atoms with van der Waals surface area (Å²) in [4.78, 5) is 20.2. The van der Waals surface area contributed by atoms with Crippen LogP contribution in [-0.4, -0.2) is 80.6 Å². The highest BCUT2D eigenvalue weighted by Gasteiger charge is 2.27. The number of benzene rings is 3. The molecule has 0 saturated carbocycles. The fourth-order valence-electron chi connectivity index (χ4n) is 5.87. The van der Waals surface area contributed by atoms with Crippen LogP contribution in [0.2, 0.25) is 0 Å². The normalized spacial score (nSPS) is 16.8. The van der Waals surface area contributed by atoms with E-state index in [2.05, 4.69) is 70.5 Å². The zero-order valence-electron chi connectivity index (χ0n) is 22.6. The SMILES string of the molecule is COc1cc2c(cc1OC)CC(=O)N(CCCN1CCN(C(c3ccccc3)c3ccccc3)CC1)CC2. The number of nitrogens with zero attached hydrogens (tertiary/aromatic N) is 3. The molecular weight excluding hydrogens is 474 g/mol. The van der Waals surface area contributed by atoms with Crippen molar-refractivity contribution >= 4 is 5.91 Å². The van der Waals surface area contributed by atoms with Gasteiger partial charge in [-0.15, -0.1) is 0 Å². The number of amides is 1. The molecule has 38 heavy (non-hydrogen) atoms. The summed E-state index contributed by atoms with van der Waals surface area (Å²) in [5.41, 5.74) is 4.93. The quantitative estimate of drug-likeness (QED) is 0.424. The Kier molecular flexibility index (Phi) is 8.61. The average molecular weight is 514 g/mol. The van der Waals surface area contributed by atoms with Crippen LogP contribution in [0.4, 0.5) is 0 Å². The minimum absolute atomic E-state index is 0.203. The third-order valence-corrected chi connectivity index (χ3v) is 7.96. The number of ether oxygens (including phenoxy) is 2. The molecule has 0 aromatic heterocycles. The van der Waals surface area contributed by atoms with Gasteiger partial charge >= 0.3 is 0 Å². The Labute approximate surface area is 226 Å². The van der Waals surface area contributed by atoms with Gasteiger partial charge in [-0.2, -0.15) is 0 Å². The summed E-state index contributed by atoms with van der Waals surface area (Å²) in [5.74, 6) is 1.62. The van der Waals surface area contributed by atoms with Gasteiger partial charge in [0.25, 0.3) is 0 Å². The van der Waals surface area contributed by atoms with Gasteiger partial charge in [-0.25, -0.2) is 0 Å². The van der Waals surface area contributed by atoms with Gasteiger partial charge in [-0.3, -0.25) is 9.69 Å². The Balaban J connectivity index is 1.13. The number of carbonyl (C=O) groups is 1. The van der Waals surface area contributed by atoms with E-state index in [1.54, 1.807) is 14.2 Å². The highest BCUT2D eigenvalue weighted by Crippen LogP contribution is 2.33. The van der Waals surface area contributed by atoms with Gasteiger partial charge < -0.3 is 19.3 Å². The maximum absolute atomic E-state index is 13.0. The molecule has 2 heterocycles. The fourth-order valence-corrected chi connectivity index (χ4v) is 5.87. The first kappa shape index (κ1) is 26.3. The Morgan fingerprint density at radius 1 is 0.737 bits per heavy atom. The predicted octanol–water partition coefficient (Wildman–Crippen LogP) is 4.43. The van der Waals surface area contributed by atoms with Gasteiger partial charge in [0, 0.05) is 39.3 Å². The molecule has 6 nitrogen and oxygen atoms in total. The monoisotopic (exact) mass is 513 g/mol. The lowest BCUT2D eigenvalue weighted by Gasteiger charge is -2.40. The van der Waals surface area contributed by atoms with Gasteiger partial charge in [0.1, 0.15) is 0 Å². The summed E-state index contributed by atoms with van der Waals surface area (Å²) in [6, 6.07) is 26.0. The molecule has 0 aliphatic carbocycles. The van der Waals surface area contributed by atoms with Crippen molar-refractivity contribution in [1.29, 1.82) is 0 Å². The summed E-state index contributed by atoms with van der Waals surface area (Å²) in [5, 5.41) is 0. The number of hydrogen-bond acceptors (Lipinski definition) is 5. The Bertz CT molecular complexity index is 1150. The second-order valence-corrected chi connectivity index (χ2v) is 10.2. The summed E-state index contributed by atoms with van der Waals surface area (Å²) in [6.45, 7) is 6.76. The van der Waals surface area contributed by atoms with Crippen molar-refractivity contribution in [2.75, 3.05) is 60.0 Å². The number of hydrogen-bond donors (Lipinski definition) is 0. The van der Waals surface area contributed by atoms with Crippen molar-refractivity contribution in [2.24, 2.45) is 0 Å². The van der Waals surface area contributed by atoms with Gasteiger partial charge in [0.2, 0.25) is 5.91 Å². The first-order valence-corrected chi connectivity index (χ1v) is 13.7. The van der Waals surface area contributed by atoms with E-state index in [0.717, 1.165) is 70.0 Å². The number of carbonyl (C=O) groups excluding carboxylic acids is 1. The number of fused-ring (bicyclic) bond motifs is 1. The highest BCUT2D eigenvalue weighted by atomic mass is 16.5. The Morgan fingerprint density at radius 3 is 1.89 bits per heavy atom. The smallest absolute Gasteiger partial charge is 0.227 e. The molecule has 2 aliphatic rings. The largest absolute Gasteiger partial charge is 0.493 e. The maximum atomic E-state index is 13.0. The molecule has 1 amide bonds. The van der Waals surface area contributed by atoms with Gasteiger partial charge in [0.15, 0.2) is 11.5 Å². The lowest BCUT2D eigenvalue weighted by atomic mass is 9.96. The second-order valence-electron chi connectivity index (χ2n) is 10.2. The van der Waals surface area contributed by atoms with Crippen LogP contribution in [0.25, 0.3) is 0 Å². The molecule has 0 unspecified atom stereocenters. The number of methoxy groups -OCH3 is 2. The van der Waals surface area contributed by atoms with E-state index in [9.17, 15) is 4.79 Å². The van der Waals surface area contributed by atoms with E-state index < -0.39 is 0 Å². The van der Waals surface area contributed by atoms with Crippen LogP contribution >= 0.6 is 0 Å². The van der Waals surface area contributed by atoms with Crippen LogP contribution in [0.1, 0.15) is 34.7 Å². The van der Waals surface area contributed by atoms with E-state index in [1.807, 2.05) is 17.0 Å². The minimum Gasteiger partial charge on any atom is -0.493 e. The molecular formula is C32H39N3O3. The van der Waals surface area contributed by atoms with Crippen molar-refractivity contribution in [3.05, 3.63) is 95.1 Å². The Morgan fingerprint density at radius 2 is 1.32 bits per heavy atom. The summed E-state index contributed by atoms with van der Waals surface area (Å²) < 4.78 is 10.9. The van der Waals surface area contributed by atoms with Gasteiger partial charge in [-0.05, 0) is 53.8 Å². The van der Waals surface area contributed by atoms with Crippen molar-refractivity contribution in [3.63, 3.8) is 0 Å². The van der Waals surface area contributed by atoms with Crippen molar-refractivity contribution in [2.45, 2.75) is 25.3 Å². The van der Waals surface area contributed by atoms with E-state index in [0.29, 0.717) is 12.2 Å². The molecule has 0 spiro atoms. The lowest BCUT2D eigenvalue weighted by molar-refractivity contribution is -0.130. The van der Waals surface area contributed by atoms with Crippen LogP contribution in [0.15, 0.2) is 72.8 Å². The summed E-state index contributed by atoms with van der Waals surface area (Å²) >= 11 is 0. The molecule has 0 N–H and O–H groups in total. The molecule has 0 atom stereocenters. The van der Waals surface area contributed by atoms with Crippen LogP contribution in [-0.2, 0) is 17.6 Å². The first-order valence-electron chi connectivity index (χ1n) is 13.7. The summed E-state index contributed by atoms with van der Waals surface area (Å²) in [6.07, 6.45) is 2.27. The summed E-state index contributed by atoms with van der Waals surface area (Å²) in [7, 11) is 3.29. The third-order valence-electron chi connectivity index (χ3n) is 7.96. The standard InChI is InChI=1S/C32H39N3O3/c1-37-29-22-27-14-17-34(31(36)24-28(27)23-30(29)38-2)16-9-15-33-18-20-35(21-19-33)32(25-10-5-3-6-11-25)26-12-7-4-8-13-26/h3-8,10-13,22-23,32H,9,14-21,24H2,1-2H3. The predicted molar refractivity (Wildman–Crippen MR) is 151 cm³/mol. The van der Waals surface area contributed by atoms with E-state index in [-0.39, 0.29) is 11.9 Å². The fraction of sp³-hybridized carbons (Fsp3) is 0.406. The van der Waals surface area contributed by atoms with E-state index in [1.165, 1.54) is 16.7 Å².